The van der Waals surface area contributed by atoms with Crippen molar-refractivity contribution in [2.45, 2.75) is 19.9 Å². The van der Waals surface area contributed by atoms with Gasteiger partial charge in [0.1, 0.15) is 0 Å². The van der Waals surface area contributed by atoms with Gasteiger partial charge in [-0.3, -0.25) is 4.79 Å². The second kappa shape index (κ2) is 5.19. The van der Waals surface area contributed by atoms with E-state index in [0.29, 0.717) is 0 Å². The fourth-order valence-corrected chi connectivity index (χ4v) is 2.08. The molecule has 2 aromatic carbocycles. The van der Waals surface area contributed by atoms with Crippen LogP contribution in [0.2, 0.25) is 0 Å². The number of fused-ring (bicyclic) bond motifs is 1. The summed E-state index contributed by atoms with van der Waals surface area (Å²) in [5.41, 5.74) is 2.14. The molecule has 1 atom stereocenters. The van der Waals surface area contributed by atoms with E-state index in [0.717, 1.165) is 10.9 Å². The average molecular weight is 243 g/mol. The summed E-state index contributed by atoms with van der Waals surface area (Å²) in [4.78, 5) is 11.1. The van der Waals surface area contributed by atoms with Gasteiger partial charge in [0, 0.05) is 6.92 Å². The Kier molecular flexibility index (Phi) is 3.63. The molecule has 0 fully saturated rings. The first-order chi connectivity index (χ1) is 8.60. The van der Waals surface area contributed by atoms with Crippen molar-refractivity contribution in [2.24, 2.45) is 0 Å². The van der Waals surface area contributed by atoms with E-state index >= 15 is 0 Å². The minimum Gasteiger partial charge on any atom is -0.394 e. The molecule has 94 valence electrons. The Bertz CT molecular complexity index is 578. The largest absolute Gasteiger partial charge is 0.394 e. The molecule has 0 radical (unpaired) electrons. The Hall–Kier alpha value is -1.87. The second-order valence-corrected chi connectivity index (χ2v) is 4.55. The number of carbonyl (C=O) groups excluding carboxylic acids is 1. The van der Waals surface area contributed by atoms with E-state index in [1.165, 1.54) is 17.9 Å². The number of rotatable bonds is 3. The molecule has 0 aromatic heterocycles. The molecule has 2 aromatic rings. The molecule has 0 heterocycles. The van der Waals surface area contributed by atoms with Crippen LogP contribution in [0.5, 0.6) is 0 Å². The molecule has 0 saturated carbocycles. The molecule has 0 aliphatic heterocycles. The smallest absolute Gasteiger partial charge is 0.217 e. The molecule has 1 unspecified atom stereocenters. The summed E-state index contributed by atoms with van der Waals surface area (Å²) in [6.07, 6.45) is 0. The Morgan fingerprint density at radius 3 is 2.56 bits per heavy atom. The zero-order chi connectivity index (χ0) is 13.1. The molecular formula is C15H17NO2. The molecule has 18 heavy (non-hydrogen) atoms. The number of aliphatic hydroxyl groups excluding tert-OH is 1. The summed E-state index contributed by atoms with van der Waals surface area (Å²) in [5.74, 6) is -0.141. The van der Waals surface area contributed by atoms with Gasteiger partial charge in [-0.1, -0.05) is 35.9 Å². The lowest BCUT2D eigenvalue weighted by molar-refractivity contribution is -0.120. The summed E-state index contributed by atoms with van der Waals surface area (Å²) in [6, 6.07) is 11.8. The van der Waals surface area contributed by atoms with Crippen molar-refractivity contribution in [2.75, 3.05) is 6.61 Å². The third-order valence-electron chi connectivity index (χ3n) is 2.98. The first-order valence-corrected chi connectivity index (χ1v) is 5.98. The highest BCUT2D eigenvalue weighted by molar-refractivity contribution is 5.84. The zero-order valence-corrected chi connectivity index (χ0v) is 10.6. The van der Waals surface area contributed by atoms with Crippen molar-refractivity contribution in [1.29, 1.82) is 0 Å². The van der Waals surface area contributed by atoms with Gasteiger partial charge in [-0.05, 0) is 29.3 Å². The first-order valence-electron chi connectivity index (χ1n) is 5.98. The van der Waals surface area contributed by atoms with Gasteiger partial charge in [0.2, 0.25) is 5.91 Å². The Morgan fingerprint density at radius 2 is 1.89 bits per heavy atom. The number of aryl methyl sites for hydroxylation is 1. The lowest BCUT2D eigenvalue weighted by Crippen LogP contribution is -2.28. The van der Waals surface area contributed by atoms with E-state index in [1.54, 1.807) is 0 Å². The number of hydrogen-bond donors (Lipinski definition) is 2. The molecule has 0 spiro atoms. The van der Waals surface area contributed by atoms with Crippen LogP contribution in [-0.4, -0.2) is 17.6 Å². The number of amides is 1. The van der Waals surface area contributed by atoms with Crippen LogP contribution in [0.25, 0.3) is 10.8 Å². The quantitative estimate of drug-likeness (QED) is 0.869. The van der Waals surface area contributed by atoms with Gasteiger partial charge in [-0.2, -0.15) is 0 Å². The molecule has 3 nitrogen and oxygen atoms in total. The second-order valence-electron chi connectivity index (χ2n) is 4.55. The summed E-state index contributed by atoms with van der Waals surface area (Å²) >= 11 is 0. The van der Waals surface area contributed by atoms with Gasteiger partial charge in [-0.15, -0.1) is 0 Å². The Morgan fingerprint density at radius 1 is 1.22 bits per heavy atom. The molecule has 1 amide bonds. The maximum absolute atomic E-state index is 11.1. The van der Waals surface area contributed by atoms with Gasteiger partial charge in [0.25, 0.3) is 0 Å². The van der Waals surface area contributed by atoms with Gasteiger partial charge in [-0.25, -0.2) is 0 Å². The standard InChI is InChI=1S/C15H17NO2/c1-10-3-4-13-8-14(6-5-12(13)7-10)15(9-17)16-11(2)18/h3-8,15,17H,9H2,1-2H3,(H,16,18). The van der Waals surface area contributed by atoms with E-state index in [2.05, 4.69) is 30.4 Å². The molecular weight excluding hydrogens is 226 g/mol. The van der Waals surface area contributed by atoms with Crippen LogP contribution in [0.1, 0.15) is 24.1 Å². The monoisotopic (exact) mass is 243 g/mol. The number of nitrogens with one attached hydrogen (secondary N) is 1. The van der Waals surface area contributed by atoms with E-state index in [1.807, 2.05) is 18.2 Å². The van der Waals surface area contributed by atoms with Crippen LogP contribution in [-0.2, 0) is 4.79 Å². The first kappa shape index (κ1) is 12.6. The van der Waals surface area contributed by atoms with Crippen LogP contribution >= 0.6 is 0 Å². The maximum Gasteiger partial charge on any atom is 0.217 e. The van der Waals surface area contributed by atoms with Crippen LogP contribution in [0, 0.1) is 6.92 Å². The summed E-state index contributed by atoms with van der Waals surface area (Å²) in [6.45, 7) is 3.41. The molecule has 0 aliphatic rings. The lowest BCUT2D eigenvalue weighted by atomic mass is 10.0. The minimum atomic E-state index is -0.340. The SMILES string of the molecule is CC(=O)NC(CO)c1ccc2cc(C)ccc2c1. The molecule has 2 N–H and O–H groups in total. The van der Waals surface area contributed by atoms with Crippen LogP contribution in [0.15, 0.2) is 36.4 Å². The topological polar surface area (TPSA) is 49.3 Å². The minimum absolute atomic E-state index is 0.100. The number of hydrogen-bond acceptors (Lipinski definition) is 2. The Labute approximate surface area is 106 Å². The predicted octanol–water partition coefficient (Wildman–Crippen LogP) is 2.32. The molecule has 2 rings (SSSR count). The third-order valence-corrected chi connectivity index (χ3v) is 2.98. The van der Waals surface area contributed by atoms with Crippen molar-refractivity contribution >= 4 is 16.7 Å². The molecule has 0 bridgehead atoms. The fraction of sp³-hybridized carbons (Fsp3) is 0.267. The highest BCUT2D eigenvalue weighted by atomic mass is 16.3. The van der Waals surface area contributed by atoms with Gasteiger partial charge >= 0.3 is 0 Å². The third kappa shape index (κ3) is 2.68. The van der Waals surface area contributed by atoms with Gasteiger partial charge in [0.15, 0.2) is 0 Å². The van der Waals surface area contributed by atoms with Crippen molar-refractivity contribution < 1.29 is 9.90 Å². The number of aliphatic hydroxyl groups is 1. The van der Waals surface area contributed by atoms with Crippen molar-refractivity contribution in [3.8, 4) is 0 Å². The van der Waals surface area contributed by atoms with E-state index < -0.39 is 0 Å². The highest BCUT2D eigenvalue weighted by Gasteiger charge is 2.11. The summed E-state index contributed by atoms with van der Waals surface area (Å²) < 4.78 is 0. The fourth-order valence-electron chi connectivity index (χ4n) is 2.08. The normalized spacial score (nSPS) is 12.4. The zero-order valence-electron chi connectivity index (χ0n) is 10.6. The predicted molar refractivity (Wildman–Crippen MR) is 72.3 cm³/mol. The van der Waals surface area contributed by atoms with E-state index in [9.17, 15) is 9.90 Å². The lowest BCUT2D eigenvalue weighted by Gasteiger charge is -2.16. The van der Waals surface area contributed by atoms with Crippen molar-refractivity contribution in [3.63, 3.8) is 0 Å². The highest BCUT2D eigenvalue weighted by Crippen LogP contribution is 2.21. The van der Waals surface area contributed by atoms with Crippen molar-refractivity contribution in [1.82, 2.24) is 5.32 Å². The number of carbonyl (C=O) groups is 1. The average Bonchev–Trinajstić information content (AvgIpc) is 2.35. The molecule has 0 aliphatic carbocycles. The summed E-state index contributed by atoms with van der Waals surface area (Å²) in [7, 11) is 0. The van der Waals surface area contributed by atoms with E-state index in [-0.39, 0.29) is 18.6 Å². The molecule has 0 saturated heterocycles. The summed E-state index contributed by atoms with van der Waals surface area (Å²) in [5, 5.41) is 14.3. The van der Waals surface area contributed by atoms with E-state index in [4.69, 9.17) is 0 Å². The van der Waals surface area contributed by atoms with Crippen LogP contribution in [0.3, 0.4) is 0 Å². The van der Waals surface area contributed by atoms with Crippen molar-refractivity contribution in [3.05, 3.63) is 47.5 Å². The van der Waals surface area contributed by atoms with Gasteiger partial charge < -0.3 is 10.4 Å². The van der Waals surface area contributed by atoms with Gasteiger partial charge in [0.05, 0.1) is 12.6 Å². The van der Waals surface area contributed by atoms with Crippen LogP contribution in [0.4, 0.5) is 0 Å². The number of benzene rings is 2. The molecule has 3 heteroatoms. The Balaban J connectivity index is 2.39. The maximum atomic E-state index is 11.1. The van der Waals surface area contributed by atoms with Crippen LogP contribution < -0.4 is 5.32 Å².